The van der Waals surface area contributed by atoms with Crippen molar-refractivity contribution < 1.29 is 14.3 Å². The van der Waals surface area contributed by atoms with E-state index in [-0.39, 0.29) is 30.3 Å². The first-order valence-electron chi connectivity index (χ1n) is 5.98. The summed E-state index contributed by atoms with van der Waals surface area (Å²) in [5.41, 5.74) is 0. The molecule has 0 spiro atoms. The summed E-state index contributed by atoms with van der Waals surface area (Å²) in [6.45, 7) is 10.6. The third-order valence-corrected chi connectivity index (χ3v) is 2.44. The number of hydrogen-bond acceptors (Lipinski definition) is 3. The summed E-state index contributed by atoms with van der Waals surface area (Å²) in [6.07, 6.45) is 0. The van der Waals surface area contributed by atoms with Gasteiger partial charge in [-0.2, -0.15) is 0 Å². The summed E-state index contributed by atoms with van der Waals surface area (Å²) in [4.78, 5) is 24.8. The average molecular weight is 229 g/mol. The second kappa shape index (κ2) is 7.39. The molecule has 0 unspecified atom stereocenters. The number of nitrogens with zero attached hydrogens (tertiary/aromatic N) is 1. The Balaban J connectivity index is 0.00000106. The topological polar surface area (TPSA) is 46.6 Å². The highest BCUT2D eigenvalue weighted by Gasteiger charge is 2.33. The van der Waals surface area contributed by atoms with E-state index in [0.717, 1.165) is 0 Å². The Hall–Kier alpha value is -0.900. The van der Waals surface area contributed by atoms with Gasteiger partial charge in [0.15, 0.2) is 5.78 Å². The van der Waals surface area contributed by atoms with Crippen LogP contribution in [0.1, 0.15) is 34.6 Å². The molecule has 0 aromatic heterocycles. The molecule has 1 rings (SSSR count). The molecule has 0 aliphatic carbocycles. The highest BCUT2D eigenvalue weighted by atomic mass is 16.5. The summed E-state index contributed by atoms with van der Waals surface area (Å²) in [7, 11) is 0. The van der Waals surface area contributed by atoms with Crippen molar-refractivity contribution in [3.05, 3.63) is 0 Å². The van der Waals surface area contributed by atoms with Gasteiger partial charge in [0, 0.05) is 12.5 Å². The molecule has 0 aromatic rings. The molecule has 1 aliphatic heterocycles. The Kier molecular flexibility index (Phi) is 6.97. The second-order valence-electron chi connectivity index (χ2n) is 3.77. The molecule has 4 nitrogen and oxygen atoms in total. The van der Waals surface area contributed by atoms with Gasteiger partial charge < -0.3 is 9.64 Å². The lowest BCUT2D eigenvalue weighted by Crippen LogP contribution is -2.54. The van der Waals surface area contributed by atoms with Crippen LogP contribution in [0, 0.1) is 5.92 Å². The smallest absolute Gasteiger partial charge is 0.249 e. The maximum absolute atomic E-state index is 11.7. The Morgan fingerprint density at radius 2 is 2.06 bits per heavy atom. The van der Waals surface area contributed by atoms with Crippen LogP contribution >= 0.6 is 0 Å². The van der Waals surface area contributed by atoms with Gasteiger partial charge in [0.2, 0.25) is 5.91 Å². The van der Waals surface area contributed by atoms with Gasteiger partial charge in [0.1, 0.15) is 12.6 Å². The minimum atomic E-state index is -0.374. The molecule has 0 bridgehead atoms. The quantitative estimate of drug-likeness (QED) is 0.736. The molecular weight excluding hydrogens is 206 g/mol. The SMILES string of the molecule is CC.CCN1C(=O)COC[C@@H]1C(=O)C(C)C. The zero-order valence-corrected chi connectivity index (χ0v) is 10.9. The normalized spacial score (nSPS) is 20.5. The van der Waals surface area contributed by atoms with Gasteiger partial charge >= 0.3 is 0 Å². The van der Waals surface area contributed by atoms with Gasteiger partial charge in [-0.15, -0.1) is 0 Å². The number of Topliss-reactive ketones (excluding diaryl/α,β-unsaturated/α-hetero) is 1. The van der Waals surface area contributed by atoms with Crippen LogP contribution in [0.4, 0.5) is 0 Å². The number of carbonyl (C=O) groups is 2. The van der Waals surface area contributed by atoms with Gasteiger partial charge in [0.05, 0.1) is 6.61 Å². The third kappa shape index (κ3) is 3.59. The summed E-state index contributed by atoms with van der Waals surface area (Å²) in [6, 6.07) is -0.374. The molecular formula is C12H23NO3. The third-order valence-electron chi connectivity index (χ3n) is 2.44. The summed E-state index contributed by atoms with van der Waals surface area (Å²) < 4.78 is 5.09. The summed E-state index contributed by atoms with van der Waals surface area (Å²) in [5.74, 6) is -0.0544. The van der Waals surface area contributed by atoms with E-state index >= 15 is 0 Å². The number of likely N-dealkylation sites (N-methyl/N-ethyl adjacent to an activating group) is 1. The fourth-order valence-electron chi connectivity index (χ4n) is 1.62. The van der Waals surface area contributed by atoms with Crippen LogP contribution in [0.15, 0.2) is 0 Å². The van der Waals surface area contributed by atoms with Gasteiger partial charge in [-0.05, 0) is 6.92 Å². The van der Waals surface area contributed by atoms with Crippen molar-refractivity contribution in [2.24, 2.45) is 5.92 Å². The van der Waals surface area contributed by atoms with Crippen molar-refractivity contribution in [2.75, 3.05) is 19.8 Å². The fraction of sp³-hybridized carbons (Fsp3) is 0.833. The lowest BCUT2D eigenvalue weighted by molar-refractivity contribution is -0.154. The molecule has 1 aliphatic rings. The Morgan fingerprint density at radius 3 is 2.50 bits per heavy atom. The van der Waals surface area contributed by atoms with Crippen LogP contribution < -0.4 is 0 Å². The highest BCUT2D eigenvalue weighted by Crippen LogP contribution is 2.12. The Labute approximate surface area is 98.0 Å². The first-order valence-corrected chi connectivity index (χ1v) is 5.98. The molecule has 16 heavy (non-hydrogen) atoms. The minimum Gasteiger partial charge on any atom is -0.369 e. The van der Waals surface area contributed by atoms with Crippen molar-refractivity contribution >= 4 is 11.7 Å². The van der Waals surface area contributed by atoms with Crippen LogP contribution in [0.2, 0.25) is 0 Å². The summed E-state index contributed by atoms with van der Waals surface area (Å²) in [5, 5.41) is 0. The molecule has 0 radical (unpaired) electrons. The van der Waals surface area contributed by atoms with Crippen LogP contribution in [0.5, 0.6) is 0 Å². The molecule has 1 saturated heterocycles. The number of amides is 1. The van der Waals surface area contributed by atoms with Crippen LogP contribution in [-0.2, 0) is 14.3 Å². The first-order chi connectivity index (χ1) is 7.57. The van der Waals surface area contributed by atoms with Crippen molar-refractivity contribution in [1.29, 1.82) is 0 Å². The van der Waals surface area contributed by atoms with E-state index in [4.69, 9.17) is 4.74 Å². The van der Waals surface area contributed by atoms with E-state index < -0.39 is 0 Å². The molecule has 94 valence electrons. The average Bonchev–Trinajstić information content (AvgIpc) is 2.30. The molecule has 0 aromatic carbocycles. The van der Waals surface area contributed by atoms with E-state index in [1.165, 1.54) is 0 Å². The predicted octanol–water partition coefficient (Wildman–Crippen LogP) is 1.48. The monoisotopic (exact) mass is 229 g/mol. The molecule has 0 N–H and O–H groups in total. The van der Waals surface area contributed by atoms with E-state index in [0.29, 0.717) is 13.2 Å². The highest BCUT2D eigenvalue weighted by molar-refractivity contribution is 5.91. The summed E-state index contributed by atoms with van der Waals surface area (Å²) >= 11 is 0. The minimum absolute atomic E-state index is 0.0523. The Bertz CT molecular complexity index is 238. The van der Waals surface area contributed by atoms with Gasteiger partial charge in [-0.25, -0.2) is 0 Å². The molecule has 1 fully saturated rings. The predicted molar refractivity (Wildman–Crippen MR) is 63.2 cm³/mol. The number of morpholine rings is 1. The molecule has 4 heteroatoms. The second-order valence-corrected chi connectivity index (χ2v) is 3.77. The fourth-order valence-corrected chi connectivity index (χ4v) is 1.62. The van der Waals surface area contributed by atoms with E-state index in [2.05, 4.69) is 0 Å². The first kappa shape index (κ1) is 15.1. The van der Waals surface area contributed by atoms with Crippen LogP contribution in [0.3, 0.4) is 0 Å². The molecule has 1 heterocycles. The zero-order chi connectivity index (χ0) is 12.7. The van der Waals surface area contributed by atoms with Gasteiger partial charge in [0.25, 0.3) is 0 Å². The van der Waals surface area contributed by atoms with Crippen molar-refractivity contribution in [3.8, 4) is 0 Å². The zero-order valence-electron chi connectivity index (χ0n) is 10.9. The number of carbonyl (C=O) groups excluding carboxylic acids is 2. The maximum atomic E-state index is 11.7. The van der Waals surface area contributed by atoms with E-state index in [1.807, 2.05) is 34.6 Å². The standard InChI is InChI=1S/C10H17NO3.C2H6/c1-4-11-8(10(13)7(2)3)5-14-6-9(11)12;1-2/h7-8H,4-6H2,1-3H3;1-2H3/t8-;/m1./s1. The maximum Gasteiger partial charge on any atom is 0.249 e. The van der Waals surface area contributed by atoms with E-state index in [1.54, 1.807) is 4.90 Å². The van der Waals surface area contributed by atoms with Gasteiger partial charge in [-0.3, -0.25) is 9.59 Å². The van der Waals surface area contributed by atoms with E-state index in [9.17, 15) is 9.59 Å². The largest absolute Gasteiger partial charge is 0.369 e. The van der Waals surface area contributed by atoms with Crippen molar-refractivity contribution in [1.82, 2.24) is 4.90 Å². The van der Waals surface area contributed by atoms with Crippen LogP contribution in [-0.4, -0.2) is 42.4 Å². The Morgan fingerprint density at radius 1 is 1.50 bits per heavy atom. The number of ether oxygens (including phenoxy) is 1. The lowest BCUT2D eigenvalue weighted by Gasteiger charge is -2.34. The lowest BCUT2D eigenvalue weighted by atomic mass is 10.00. The number of rotatable bonds is 3. The number of hydrogen-bond donors (Lipinski definition) is 0. The van der Waals surface area contributed by atoms with Crippen molar-refractivity contribution in [2.45, 2.75) is 40.7 Å². The molecule has 1 amide bonds. The number of ketones is 1. The van der Waals surface area contributed by atoms with Gasteiger partial charge in [-0.1, -0.05) is 27.7 Å². The molecule has 1 atom stereocenters. The van der Waals surface area contributed by atoms with Crippen molar-refractivity contribution in [3.63, 3.8) is 0 Å². The molecule has 0 saturated carbocycles. The van der Waals surface area contributed by atoms with Crippen LogP contribution in [0.25, 0.3) is 0 Å².